The van der Waals surface area contributed by atoms with Gasteiger partial charge in [-0.2, -0.15) is 0 Å². The van der Waals surface area contributed by atoms with Crippen molar-refractivity contribution >= 4 is 0 Å². The third-order valence-electron chi connectivity index (χ3n) is 2.83. The van der Waals surface area contributed by atoms with Gasteiger partial charge < -0.3 is 9.88 Å². The molecule has 0 saturated heterocycles. The molecule has 1 aliphatic carbocycles. The molecule has 1 saturated carbocycles. The number of nitrogens with zero attached hydrogens (tertiary/aromatic N) is 2. The van der Waals surface area contributed by atoms with Crippen molar-refractivity contribution in [2.24, 2.45) is 5.92 Å². The SMILES string of the molecule is Cc1ncc(CNC2CC2)n1CC(C)C. The first-order chi connectivity index (χ1) is 7.16. The Morgan fingerprint density at radius 1 is 1.53 bits per heavy atom. The van der Waals surface area contributed by atoms with Crippen LogP contribution in [0.2, 0.25) is 0 Å². The molecule has 1 aliphatic rings. The van der Waals surface area contributed by atoms with Gasteiger partial charge in [0.25, 0.3) is 0 Å². The first-order valence-corrected chi connectivity index (χ1v) is 5.91. The van der Waals surface area contributed by atoms with Crippen LogP contribution in [-0.4, -0.2) is 15.6 Å². The van der Waals surface area contributed by atoms with Gasteiger partial charge in [0.2, 0.25) is 0 Å². The Labute approximate surface area is 91.9 Å². The van der Waals surface area contributed by atoms with E-state index in [0.29, 0.717) is 5.92 Å². The van der Waals surface area contributed by atoms with Crippen LogP contribution in [0.1, 0.15) is 38.2 Å². The molecule has 0 aliphatic heterocycles. The zero-order chi connectivity index (χ0) is 10.8. The lowest BCUT2D eigenvalue weighted by molar-refractivity contribution is 0.491. The highest BCUT2D eigenvalue weighted by atomic mass is 15.1. The second kappa shape index (κ2) is 4.35. The lowest BCUT2D eigenvalue weighted by atomic mass is 10.2. The maximum atomic E-state index is 4.39. The van der Waals surface area contributed by atoms with Gasteiger partial charge in [0.1, 0.15) is 5.82 Å². The van der Waals surface area contributed by atoms with Gasteiger partial charge in [-0.05, 0) is 25.7 Å². The maximum absolute atomic E-state index is 4.39. The monoisotopic (exact) mass is 207 g/mol. The van der Waals surface area contributed by atoms with Gasteiger partial charge in [-0.15, -0.1) is 0 Å². The topological polar surface area (TPSA) is 29.9 Å². The molecule has 0 amide bonds. The number of nitrogens with one attached hydrogen (secondary N) is 1. The van der Waals surface area contributed by atoms with Crippen LogP contribution < -0.4 is 5.32 Å². The Morgan fingerprint density at radius 3 is 2.87 bits per heavy atom. The summed E-state index contributed by atoms with van der Waals surface area (Å²) in [5, 5.41) is 3.54. The zero-order valence-corrected chi connectivity index (χ0v) is 9.95. The van der Waals surface area contributed by atoms with Crippen LogP contribution in [0, 0.1) is 12.8 Å². The summed E-state index contributed by atoms with van der Waals surface area (Å²) in [5.74, 6) is 1.81. The van der Waals surface area contributed by atoms with Crippen molar-refractivity contribution in [3.05, 3.63) is 17.7 Å². The highest BCUT2D eigenvalue weighted by molar-refractivity contribution is 5.05. The van der Waals surface area contributed by atoms with Crippen LogP contribution >= 0.6 is 0 Å². The van der Waals surface area contributed by atoms with Gasteiger partial charge in [0, 0.05) is 25.3 Å². The Balaban J connectivity index is 2.00. The van der Waals surface area contributed by atoms with Crippen LogP contribution in [0.4, 0.5) is 0 Å². The Hall–Kier alpha value is -0.830. The van der Waals surface area contributed by atoms with Crippen molar-refractivity contribution in [3.8, 4) is 0 Å². The molecule has 0 spiro atoms. The molecular formula is C12H21N3. The summed E-state index contributed by atoms with van der Waals surface area (Å²) in [6, 6.07) is 0.771. The number of rotatable bonds is 5. The molecule has 1 N–H and O–H groups in total. The Kier molecular flexibility index (Phi) is 3.10. The summed E-state index contributed by atoms with van der Waals surface area (Å²) >= 11 is 0. The largest absolute Gasteiger partial charge is 0.331 e. The minimum Gasteiger partial charge on any atom is -0.331 e. The van der Waals surface area contributed by atoms with E-state index in [4.69, 9.17) is 0 Å². The van der Waals surface area contributed by atoms with Crippen molar-refractivity contribution in [2.45, 2.75) is 52.7 Å². The molecule has 15 heavy (non-hydrogen) atoms. The molecule has 0 atom stereocenters. The molecule has 2 rings (SSSR count). The second-order valence-corrected chi connectivity index (χ2v) is 4.96. The smallest absolute Gasteiger partial charge is 0.105 e. The fourth-order valence-corrected chi connectivity index (χ4v) is 1.81. The lowest BCUT2D eigenvalue weighted by Crippen LogP contribution is -2.19. The first kappa shape index (κ1) is 10.7. The first-order valence-electron chi connectivity index (χ1n) is 5.91. The summed E-state index contributed by atoms with van der Waals surface area (Å²) < 4.78 is 2.33. The molecule has 1 heterocycles. The van der Waals surface area contributed by atoms with Gasteiger partial charge in [-0.25, -0.2) is 4.98 Å². The van der Waals surface area contributed by atoms with Gasteiger partial charge in [-0.3, -0.25) is 0 Å². The number of aromatic nitrogens is 2. The fraction of sp³-hybridized carbons (Fsp3) is 0.750. The number of aryl methyl sites for hydroxylation is 1. The number of hydrogen-bond donors (Lipinski definition) is 1. The lowest BCUT2D eigenvalue weighted by Gasteiger charge is -2.13. The highest BCUT2D eigenvalue weighted by Crippen LogP contribution is 2.19. The van der Waals surface area contributed by atoms with Crippen LogP contribution in [-0.2, 0) is 13.1 Å². The molecule has 0 bridgehead atoms. The number of imidazole rings is 1. The molecule has 1 aromatic heterocycles. The van der Waals surface area contributed by atoms with E-state index >= 15 is 0 Å². The average Bonchev–Trinajstić information content (AvgIpc) is 2.93. The molecular weight excluding hydrogens is 186 g/mol. The van der Waals surface area contributed by atoms with Crippen LogP contribution in [0.5, 0.6) is 0 Å². The van der Waals surface area contributed by atoms with Crippen LogP contribution in [0.25, 0.3) is 0 Å². The summed E-state index contributed by atoms with van der Waals surface area (Å²) in [4.78, 5) is 4.39. The van der Waals surface area contributed by atoms with Crippen molar-refractivity contribution in [3.63, 3.8) is 0 Å². The molecule has 0 aromatic carbocycles. The van der Waals surface area contributed by atoms with Gasteiger partial charge in [0.15, 0.2) is 0 Å². The Bertz CT molecular complexity index is 324. The third-order valence-corrected chi connectivity index (χ3v) is 2.83. The minimum atomic E-state index is 0.678. The molecule has 3 nitrogen and oxygen atoms in total. The predicted octanol–water partition coefficient (Wildman–Crippen LogP) is 2.10. The molecule has 1 fully saturated rings. The summed E-state index contributed by atoms with van der Waals surface area (Å²) in [5.41, 5.74) is 1.33. The predicted molar refractivity (Wildman–Crippen MR) is 61.7 cm³/mol. The van der Waals surface area contributed by atoms with Crippen molar-refractivity contribution in [2.75, 3.05) is 0 Å². The van der Waals surface area contributed by atoms with Crippen LogP contribution in [0.3, 0.4) is 0 Å². The zero-order valence-electron chi connectivity index (χ0n) is 9.95. The standard InChI is InChI=1S/C12H21N3/c1-9(2)8-15-10(3)13-6-12(15)7-14-11-4-5-11/h6,9,11,14H,4-5,7-8H2,1-3H3. The summed E-state index contributed by atoms with van der Waals surface area (Å²) in [6.45, 7) is 8.63. The van der Waals surface area contributed by atoms with E-state index in [1.54, 1.807) is 0 Å². The molecule has 84 valence electrons. The summed E-state index contributed by atoms with van der Waals surface area (Å²) in [7, 11) is 0. The quantitative estimate of drug-likeness (QED) is 0.801. The van der Waals surface area contributed by atoms with E-state index in [1.807, 2.05) is 6.20 Å². The highest BCUT2D eigenvalue weighted by Gasteiger charge is 2.20. The van der Waals surface area contributed by atoms with Gasteiger partial charge >= 0.3 is 0 Å². The second-order valence-electron chi connectivity index (χ2n) is 4.96. The van der Waals surface area contributed by atoms with Gasteiger partial charge in [0.05, 0.1) is 5.69 Å². The van der Waals surface area contributed by atoms with Crippen molar-refractivity contribution in [1.29, 1.82) is 0 Å². The molecule has 0 unspecified atom stereocenters. The summed E-state index contributed by atoms with van der Waals surface area (Å²) in [6.07, 6.45) is 4.70. The number of hydrogen-bond acceptors (Lipinski definition) is 2. The van der Waals surface area contributed by atoms with E-state index in [2.05, 4.69) is 35.6 Å². The molecule has 0 radical (unpaired) electrons. The van der Waals surface area contributed by atoms with Crippen molar-refractivity contribution in [1.82, 2.24) is 14.9 Å². The van der Waals surface area contributed by atoms with Crippen LogP contribution in [0.15, 0.2) is 6.20 Å². The van der Waals surface area contributed by atoms with E-state index < -0.39 is 0 Å². The maximum Gasteiger partial charge on any atom is 0.105 e. The molecule has 3 heteroatoms. The van der Waals surface area contributed by atoms with E-state index in [-0.39, 0.29) is 0 Å². The van der Waals surface area contributed by atoms with Gasteiger partial charge in [-0.1, -0.05) is 13.8 Å². The normalized spacial score (nSPS) is 16.3. The van der Waals surface area contributed by atoms with E-state index in [1.165, 1.54) is 18.5 Å². The van der Waals surface area contributed by atoms with Crippen molar-refractivity contribution < 1.29 is 0 Å². The average molecular weight is 207 g/mol. The third kappa shape index (κ3) is 2.81. The minimum absolute atomic E-state index is 0.678. The van der Waals surface area contributed by atoms with E-state index in [0.717, 1.165) is 25.0 Å². The van der Waals surface area contributed by atoms with E-state index in [9.17, 15) is 0 Å². The fourth-order valence-electron chi connectivity index (χ4n) is 1.81. The molecule has 1 aromatic rings. The Morgan fingerprint density at radius 2 is 2.27 bits per heavy atom.